The molecule has 10 heteroatoms. The maximum Gasteiger partial charge on any atom is 0.252 e. The van der Waals surface area contributed by atoms with E-state index in [2.05, 4.69) is 211 Å². The second-order valence-corrected chi connectivity index (χ2v) is 24.6. The average Bonchev–Trinajstić information content (AvgIpc) is 1.55. The fourth-order valence-electron chi connectivity index (χ4n) is 13.6. The van der Waals surface area contributed by atoms with Crippen molar-refractivity contribution in [1.82, 2.24) is 19.5 Å². The van der Waals surface area contributed by atoms with Crippen LogP contribution in [-0.4, -0.2) is 26.2 Å². The van der Waals surface area contributed by atoms with Crippen LogP contribution in [0.25, 0.3) is 95.0 Å². The number of aromatic nitrogens is 4. The molecule has 0 spiro atoms. The first-order valence-electron chi connectivity index (χ1n) is 30.8. The molecule has 0 aliphatic carbocycles. The van der Waals surface area contributed by atoms with Crippen LogP contribution < -0.4 is 26.2 Å². The second kappa shape index (κ2) is 22.0. The summed E-state index contributed by atoms with van der Waals surface area (Å²) >= 11 is 0. The predicted molar refractivity (Wildman–Crippen MR) is 374 cm³/mol. The Morgan fingerprint density at radius 3 is 1.21 bits per heavy atom. The molecule has 12 aromatic carbocycles. The summed E-state index contributed by atoms with van der Waals surface area (Å²) in [5, 5.41) is 34.0. The van der Waals surface area contributed by atoms with Crippen LogP contribution in [0, 0.1) is 34.0 Å². The third kappa shape index (κ3) is 9.35. The van der Waals surface area contributed by atoms with Gasteiger partial charge in [0.25, 0.3) is 6.71 Å². The first-order chi connectivity index (χ1) is 45.1. The van der Waals surface area contributed by atoms with Crippen LogP contribution >= 0.6 is 0 Å². The number of hydrogen-bond acceptors (Lipinski definition) is 8. The fourth-order valence-corrected chi connectivity index (χ4v) is 13.6. The molecule has 14 aromatic rings. The number of nitrogens with zero attached hydrogens (tertiary/aromatic N) is 9. The highest BCUT2D eigenvalue weighted by Crippen LogP contribution is 2.48. The summed E-state index contributed by atoms with van der Waals surface area (Å²) in [4.78, 5) is 20.2. The molecule has 0 saturated carbocycles. The lowest BCUT2D eigenvalue weighted by atomic mass is 9.33. The first-order valence-corrected chi connectivity index (χ1v) is 30.8. The van der Waals surface area contributed by atoms with Gasteiger partial charge >= 0.3 is 0 Å². The Morgan fingerprint density at radius 1 is 0.337 bits per heavy atom. The maximum atomic E-state index is 10.6. The van der Waals surface area contributed by atoms with E-state index in [1.54, 1.807) is 0 Å². The van der Waals surface area contributed by atoms with Crippen molar-refractivity contribution in [2.75, 3.05) is 9.80 Å². The van der Waals surface area contributed by atoms with Gasteiger partial charge in [0.1, 0.15) is 0 Å². The largest absolute Gasteiger partial charge is 0.311 e. The molecule has 16 rings (SSSR count). The zero-order valence-electron chi connectivity index (χ0n) is 50.6. The normalized spacial score (nSPS) is 12.2. The molecule has 4 heterocycles. The fraction of sp³-hybridized carbons (Fsp3) is 0.0488. The highest BCUT2D eigenvalue weighted by Gasteiger charge is 2.44. The number of nitriles is 3. The zero-order chi connectivity index (χ0) is 62.2. The van der Waals surface area contributed by atoms with Crippen molar-refractivity contribution in [3.8, 4) is 91.4 Å². The van der Waals surface area contributed by atoms with Gasteiger partial charge in [-0.3, -0.25) is 0 Å². The van der Waals surface area contributed by atoms with Crippen LogP contribution in [-0.2, 0) is 5.41 Å². The van der Waals surface area contributed by atoms with E-state index in [1.165, 1.54) is 5.56 Å². The molecule has 92 heavy (non-hydrogen) atoms. The molecular weight excluding hydrogens is 1120 g/mol. The molecule has 0 fully saturated rings. The van der Waals surface area contributed by atoms with Gasteiger partial charge in [-0.05, 0) is 176 Å². The molecule has 0 unspecified atom stereocenters. The van der Waals surface area contributed by atoms with E-state index in [0.717, 1.165) is 123 Å². The quantitative estimate of drug-likeness (QED) is 0.131. The smallest absolute Gasteiger partial charge is 0.252 e. The molecule has 9 nitrogen and oxygen atoms in total. The minimum Gasteiger partial charge on any atom is -0.311 e. The van der Waals surface area contributed by atoms with Gasteiger partial charge in [0.15, 0.2) is 17.5 Å². The van der Waals surface area contributed by atoms with E-state index in [4.69, 9.17) is 15.0 Å². The topological polar surface area (TPSA) is 121 Å². The third-order valence-corrected chi connectivity index (χ3v) is 18.1. The van der Waals surface area contributed by atoms with Gasteiger partial charge in [-0.1, -0.05) is 178 Å². The van der Waals surface area contributed by atoms with Gasteiger partial charge in [0.2, 0.25) is 0 Å². The molecule has 0 radical (unpaired) electrons. The van der Waals surface area contributed by atoms with Crippen molar-refractivity contribution in [2.24, 2.45) is 0 Å². The van der Waals surface area contributed by atoms with Gasteiger partial charge in [0, 0.05) is 61.6 Å². The molecule has 430 valence electrons. The number of anilines is 6. The molecule has 0 N–H and O–H groups in total. The van der Waals surface area contributed by atoms with Crippen molar-refractivity contribution in [2.45, 2.75) is 26.2 Å². The van der Waals surface area contributed by atoms with E-state index in [-0.39, 0.29) is 12.1 Å². The summed E-state index contributed by atoms with van der Waals surface area (Å²) < 4.78 is 2.30. The Hall–Kier alpha value is -12.4. The lowest BCUT2D eigenvalue weighted by Crippen LogP contribution is -2.61. The number of rotatable bonds is 9. The van der Waals surface area contributed by atoms with Gasteiger partial charge in [-0.25, -0.2) is 15.0 Å². The summed E-state index contributed by atoms with van der Waals surface area (Å²) in [6, 6.07) is 102. The first kappa shape index (κ1) is 54.9. The Bertz CT molecular complexity index is 5180. The summed E-state index contributed by atoms with van der Waals surface area (Å²) in [6.45, 7) is 6.40. The molecular formula is C82H54BN9. The second-order valence-electron chi connectivity index (χ2n) is 24.6. The highest BCUT2D eigenvalue weighted by atomic mass is 15.2. The lowest BCUT2D eigenvalue weighted by molar-refractivity contribution is 0.591. The van der Waals surface area contributed by atoms with Gasteiger partial charge in [-0.15, -0.1) is 0 Å². The number of fused-ring (bicyclic) bond motifs is 7. The molecule has 0 amide bonds. The van der Waals surface area contributed by atoms with E-state index in [0.29, 0.717) is 39.7 Å². The highest BCUT2D eigenvalue weighted by molar-refractivity contribution is 7.00. The molecule has 2 aromatic heterocycles. The minimum atomic E-state index is -0.352. The van der Waals surface area contributed by atoms with Crippen molar-refractivity contribution in [3.05, 3.63) is 295 Å². The van der Waals surface area contributed by atoms with Crippen LogP contribution in [0.1, 0.15) is 43.0 Å². The average molecular weight is 1180 g/mol. The van der Waals surface area contributed by atoms with Crippen LogP contribution in [0.4, 0.5) is 34.1 Å². The monoisotopic (exact) mass is 1180 g/mol. The molecule has 0 atom stereocenters. The van der Waals surface area contributed by atoms with Crippen LogP contribution in [0.5, 0.6) is 0 Å². The minimum absolute atomic E-state index is 0.176. The van der Waals surface area contributed by atoms with E-state index < -0.39 is 0 Å². The molecule has 0 bridgehead atoms. The van der Waals surface area contributed by atoms with Crippen molar-refractivity contribution in [1.29, 1.82) is 15.8 Å². The predicted octanol–water partition coefficient (Wildman–Crippen LogP) is 18.0. The van der Waals surface area contributed by atoms with Crippen LogP contribution in [0.3, 0.4) is 0 Å². The Morgan fingerprint density at radius 2 is 0.739 bits per heavy atom. The van der Waals surface area contributed by atoms with Crippen LogP contribution in [0.15, 0.2) is 273 Å². The molecule has 2 aliphatic rings. The molecule has 0 saturated heterocycles. The Balaban J connectivity index is 0.954. The summed E-state index contributed by atoms with van der Waals surface area (Å²) in [6.07, 6.45) is 0. The van der Waals surface area contributed by atoms with Crippen molar-refractivity contribution < 1.29 is 0 Å². The molecule has 2 aliphatic heterocycles. The van der Waals surface area contributed by atoms with E-state index in [1.807, 2.05) is 115 Å². The van der Waals surface area contributed by atoms with E-state index in [9.17, 15) is 15.8 Å². The van der Waals surface area contributed by atoms with Crippen molar-refractivity contribution >= 4 is 79.0 Å². The summed E-state index contributed by atoms with van der Waals surface area (Å²) in [5.41, 5.74) is 23.0. The van der Waals surface area contributed by atoms with Gasteiger partial charge < -0.3 is 14.4 Å². The summed E-state index contributed by atoms with van der Waals surface area (Å²) in [7, 11) is 0. The van der Waals surface area contributed by atoms with Gasteiger partial charge in [0.05, 0.1) is 51.6 Å². The number of benzene rings is 12. The summed E-state index contributed by atoms with van der Waals surface area (Å²) in [5.74, 6) is 1.49. The third-order valence-electron chi connectivity index (χ3n) is 18.1. The Labute approximate surface area is 534 Å². The Kier molecular flexibility index (Phi) is 13.1. The van der Waals surface area contributed by atoms with Crippen LogP contribution in [0.2, 0.25) is 0 Å². The number of hydrogen-bond donors (Lipinski definition) is 0. The van der Waals surface area contributed by atoms with Crippen molar-refractivity contribution in [3.63, 3.8) is 0 Å². The SMILES string of the molecule is CC(C)(C)c1ccc2c(c1)c1cc(-c3cc4c5c(c3)N(c3ccc(-c6ccccc6)cc3)c3ccc(C#N)cc3B5c3cc(C#N)ccc3N4c3ccc(-c4ccccc4)cc3)ccc1n2-c1ccc(C#N)cc1-c1nc(-c2ccccc2)nc(-c2ccccc2)n1. The zero-order valence-corrected chi connectivity index (χ0v) is 50.6. The lowest BCUT2D eigenvalue weighted by Gasteiger charge is -2.44. The standard InChI is InChI=1S/C82H54BN9/c1-82(2,3)63-32-41-72-67(48-63)66-45-61(31-40-71(66)92(72)73-37-24-52(49-84)42-68(73)81-88-79(59-20-12-6-13-21-59)87-80(89-81)60-22-14-7-15-23-60)62-46-76-78-77(47-62)91(65-35-29-58(30-36-65)56-18-10-5-11-19-56)75-39-26-54(51-86)44-70(75)83(78)69-43-53(50-85)25-38-74(69)90(76)64-33-27-57(28-34-64)55-16-8-4-9-17-55/h4-48H,1-3H3. The maximum absolute atomic E-state index is 10.6. The van der Waals surface area contributed by atoms with E-state index >= 15 is 0 Å². The van der Waals surface area contributed by atoms with Gasteiger partial charge in [-0.2, -0.15) is 15.8 Å².